The van der Waals surface area contributed by atoms with Gasteiger partial charge in [0.25, 0.3) is 0 Å². The predicted octanol–water partition coefficient (Wildman–Crippen LogP) is 2.24. The summed E-state index contributed by atoms with van der Waals surface area (Å²) in [6.07, 6.45) is 2.73. The lowest BCUT2D eigenvalue weighted by atomic mass is 10.3. The van der Waals surface area contributed by atoms with Crippen molar-refractivity contribution < 1.29 is 9.13 Å². The number of nitrogens with one attached hydrogen (secondary N) is 1. The van der Waals surface area contributed by atoms with Crippen molar-refractivity contribution in [3.63, 3.8) is 0 Å². The van der Waals surface area contributed by atoms with E-state index in [-0.39, 0.29) is 5.69 Å². The summed E-state index contributed by atoms with van der Waals surface area (Å²) >= 11 is 0. The summed E-state index contributed by atoms with van der Waals surface area (Å²) in [5, 5.41) is 11.5. The summed E-state index contributed by atoms with van der Waals surface area (Å²) in [5.41, 5.74) is 0.711. The first-order valence-corrected chi connectivity index (χ1v) is 5.05. The Morgan fingerprint density at radius 1 is 1.28 bits per heavy atom. The quantitative estimate of drug-likeness (QED) is 0.896. The maximum atomic E-state index is 13.2. The SMILES string of the molecule is COc1cc(F)cc(Nc2cnc(C#N)cn2)c1. The number of benzene rings is 1. The molecular formula is C12H9FN4O. The second-order valence-corrected chi connectivity index (χ2v) is 3.40. The van der Waals surface area contributed by atoms with Crippen molar-refractivity contribution in [1.29, 1.82) is 5.26 Å². The molecule has 0 atom stereocenters. The van der Waals surface area contributed by atoms with Crippen LogP contribution < -0.4 is 10.1 Å². The van der Waals surface area contributed by atoms with Gasteiger partial charge in [-0.1, -0.05) is 0 Å². The van der Waals surface area contributed by atoms with Crippen molar-refractivity contribution in [2.75, 3.05) is 12.4 Å². The third-order valence-electron chi connectivity index (χ3n) is 2.15. The zero-order chi connectivity index (χ0) is 13.0. The molecule has 0 radical (unpaired) electrons. The van der Waals surface area contributed by atoms with Gasteiger partial charge in [-0.05, 0) is 6.07 Å². The highest BCUT2D eigenvalue weighted by molar-refractivity contribution is 5.57. The fourth-order valence-corrected chi connectivity index (χ4v) is 1.35. The molecule has 1 aromatic heterocycles. The molecule has 0 aliphatic carbocycles. The minimum atomic E-state index is -0.418. The molecule has 90 valence electrons. The topological polar surface area (TPSA) is 70.8 Å². The molecule has 0 aliphatic rings. The number of halogens is 1. The van der Waals surface area contributed by atoms with E-state index in [1.807, 2.05) is 6.07 Å². The van der Waals surface area contributed by atoms with Crippen LogP contribution in [0.25, 0.3) is 0 Å². The Labute approximate surface area is 103 Å². The standard InChI is InChI=1S/C12H9FN4O/c1-18-11-3-8(13)2-9(4-11)17-12-7-15-10(5-14)6-16-12/h2-4,6-7H,1H3,(H,16,17). The summed E-state index contributed by atoms with van der Waals surface area (Å²) in [5.74, 6) is 0.402. The van der Waals surface area contributed by atoms with Gasteiger partial charge in [0.15, 0.2) is 5.69 Å². The van der Waals surface area contributed by atoms with Gasteiger partial charge < -0.3 is 10.1 Å². The average molecular weight is 244 g/mol. The van der Waals surface area contributed by atoms with Crippen LogP contribution in [0.3, 0.4) is 0 Å². The minimum Gasteiger partial charge on any atom is -0.497 e. The highest BCUT2D eigenvalue weighted by Gasteiger charge is 2.02. The Morgan fingerprint density at radius 2 is 2.11 bits per heavy atom. The van der Waals surface area contributed by atoms with Crippen LogP contribution in [0.2, 0.25) is 0 Å². The molecule has 1 heterocycles. The Bertz CT molecular complexity index is 592. The molecule has 1 N–H and O–H groups in total. The molecule has 0 aliphatic heterocycles. The van der Waals surface area contributed by atoms with Gasteiger partial charge in [-0.3, -0.25) is 0 Å². The normalized spacial score (nSPS) is 9.61. The van der Waals surface area contributed by atoms with Crippen molar-refractivity contribution in [2.24, 2.45) is 0 Å². The summed E-state index contributed by atoms with van der Waals surface area (Å²) in [6.45, 7) is 0. The first-order chi connectivity index (χ1) is 8.71. The maximum absolute atomic E-state index is 13.2. The molecule has 0 amide bonds. The van der Waals surface area contributed by atoms with Crippen molar-refractivity contribution in [2.45, 2.75) is 0 Å². The fraction of sp³-hybridized carbons (Fsp3) is 0.0833. The van der Waals surface area contributed by atoms with E-state index in [1.54, 1.807) is 6.07 Å². The van der Waals surface area contributed by atoms with Crippen LogP contribution >= 0.6 is 0 Å². The highest BCUT2D eigenvalue weighted by Crippen LogP contribution is 2.22. The monoisotopic (exact) mass is 244 g/mol. The molecule has 0 saturated heterocycles. The number of hydrogen-bond donors (Lipinski definition) is 1. The maximum Gasteiger partial charge on any atom is 0.158 e. The molecule has 0 spiro atoms. The van der Waals surface area contributed by atoms with Gasteiger partial charge in [0, 0.05) is 17.8 Å². The Morgan fingerprint density at radius 3 is 2.72 bits per heavy atom. The van der Waals surface area contributed by atoms with Crippen molar-refractivity contribution in [3.8, 4) is 11.8 Å². The fourth-order valence-electron chi connectivity index (χ4n) is 1.35. The van der Waals surface area contributed by atoms with Gasteiger partial charge in [-0.15, -0.1) is 0 Å². The molecule has 0 fully saturated rings. The lowest BCUT2D eigenvalue weighted by Crippen LogP contribution is -1.97. The largest absolute Gasteiger partial charge is 0.497 e. The molecular weight excluding hydrogens is 235 g/mol. The second kappa shape index (κ2) is 5.10. The molecule has 0 saturated carbocycles. The molecule has 6 heteroatoms. The molecule has 2 aromatic rings. The number of rotatable bonds is 3. The zero-order valence-electron chi connectivity index (χ0n) is 9.51. The van der Waals surface area contributed by atoms with E-state index in [4.69, 9.17) is 10.00 Å². The van der Waals surface area contributed by atoms with E-state index in [1.165, 1.54) is 31.6 Å². The number of methoxy groups -OCH3 is 1. The second-order valence-electron chi connectivity index (χ2n) is 3.40. The summed E-state index contributed by atoms with van der Waals surface area (Å²) in [6, 6.07) is 6.07. The molecule has 0 bridgehead atoms. The van der Waals surface area contributed by atoms with Crippen LogP contribution in [0.5, 0.6) is 5.75 Å². The lowest BCUT2D eigenvalue weighted by Gasteiger charge is -2.07. The Hall–Kier alpha value is -2.68. The van der Waals surface area contributed by atoms with Crippen molar-refractivity contribution >= 4 is 11.5 Å². The van der Waals surface area contributed by atoms with E-state index in [9.17, 15) is 4.39 Å². The van der Waals surface area contributed by atoms with E-state index in [2.05, 4.69) is 15.3 Å². The molecule has 0 unspecified atom stereocenters. The summed E-state index contributed by atoms with van der Waals surface area (Å²) in [7, 11) is 1.46. The van der Waals surface area contributed by atoms with E-state index in [0.29, 0.717) is 17.3 Å². The molecule has 5 nitrogen and oxygen atoms in total. The molecule has 18 heavy (non-hydrogen) atoms. The van der Waals surface area contributed by atoms with Crippen LogP contribution in [-0.4, -0.2) is 17.1 Å². The Kier molecular flexibility index (Phi) is 3.34. The lowest BCUT2D eigenvalue weighted by molar-refractivity contribution is 0.411. The Balaban J connectivity index is 2.22. The van der Waals surface area contributed by atoms with Crippen LogP contribution in [0, 0.1) is 17.1 Å². The van der Waals surface area contributed by atoms with Crippen LogP contribution in [0.4, 0.5) is 15.9 Å². The first kappa shape index (κ1) is 11.8. The van der Waals surface area contributed by atoms with Gasteiger partial charge in [0.05, 0.1) is 19.5 Å². The number of hydrogen-bond acceptors (Lipinski definition) is 5. The van der Waals surface area contributed by atoms with E-state index < -0.39 is 5.82 Å². The van der Waals surface area contributed by atoms with Gasteiger partial charge in [0.2, 0.25) is 0 Å². The van der Waals surface area contributed by atoms with E-state index in [0.717, 1.165) is 0 Å². The van der Waals surface area contributed by atoms with Crippen molar-refractivity contribution in [3.05, 3.63) is 42.1 Å². The minimum absolute atomic E-state index is 0.220. The highest BCUT2D eigenvalue weighted by atomic mass is 19.1. The van der Waals surface area contributed by atoms with Gasteiger partial charge in [-0.2, -0.15) is 5.26 Å². The third kappa shape index (κ3) is 2.71. The smallest absolute Gasteiger partial charge is 0.158 e. The average Bonchev–Trinajstić information content (AvgIpc) is 2.39. The van der Waals surface area contributed by atoms with Crippen LogP contribution in [-0.2, 0) is 0 Å². The summed E-state index contributed by atoms with van der Waals surface area (Å²) < 4.78 is 18.2. The number of ether oxygens (including phenoxy) is 1. The number of anilines is 2. The van der Waals surface area contributed by atoms with E-state index >= 15 is 0 Å². The number of nitriles is 1. The predicted molar refractivity (Wildman–Crippen MR) is 63.0 cm³/mol. The molecule has 2 rings (SSSR count). The first-order valence-electron chi connectivity index (χ1n) is 5.05. The van der Waals surface area contributed by atoms with Gasteiger partial charge in [0.1, 0.15) is 23.5 Å². The third-order valence-corrected chi connectivity index (χ3v) is 2.15. The van der Waals surface area contributed by atoms with Crippen LogP contribution in [0.1, 0.15) is 5.69 Å². The number of nitrogens with zero attached hydrogens (tertiary/aromatic N) is 3. The number of aromatic nitrogens is 2. The van der Waals surface area contributed by atoms with Gasteiger partial charge >= 0.3 is 0 Å². The zero-order valence-corrected chi connectivity index (χ0v) is 9.51. The van der Waals surface area contributed by atoms with Crippen LogP contribution in [0.15, 0.2) is 30.6 Å². The van der Waals surface area contributed by atoms with Crippen molar-refractivity contribution in [1.82, 2.24) is 9.97 Å². The summed E-state index contributed by atoms with van der Waals surface area (Å²) in [4.78, 5) is 7.82. The van der Waals surface area contributed by atoms with Gasteiger partial charge in [-0.25, -0.2) is 14.4 Å². The molecule has 1 aromatic carbocycles.